The summed E-state index contributed by atoms with van der Waals surface area (Å²) >= 11 is 0. The van der Waals surface area contributed by atoms with Gasteiger partial charge in [-0.2, -0.15) is 4.72 Å². The summed E-state index contributed by atoms with van der Waals surface area (Å²) in [7, 11) is -4.26. The number of carbonyl (C=O) groups excluding carboxylic acids is 1. The van der Waals surface area contributed by atoms with E-state index in [0.29, 0.717) is 6.54 Å². The van der Waals surface area contributed by atoms with Crippen molar-refractivity contribution >= 4 is 15.9 Å². The number of likely N-dealkylation sites (tertiary alicyclic amines) is 1. The van der Waals surface area contributed by atoms with Crippen molar-refractivity contribution in [1.29, 1.82) is 0 Å². The van der Waals surface area contributed by atoms with Gasteiger partial charge in [0.2, 0.25) is 15.9 Å². The Labute approximate surface area is 206 Å². The molecule has 1 fully saturated rings. The maximum atomic E-state index is 14.3. The van der Waals surface area contributed by atoms with Crippen LogP contribution < -0.4 is 10.0 Å². The molecule has 1 amide bonds. The van der Waals surface area contributed by atoms with E-state index in [1.807, 2.05) is 60.7 Å². The number of amides is 1. The normalized spacial score (nSPS) is 16.0. The van der Waals surface area contributed by atoms with E-state index < -0.39 is 32.7 Å². The molecule has 1 heterocycles. The molecule has 2 N–H and O–H groups in total. The lowest BCUT2D eigenvalue weighted by Crippen LogP contribution is -2.49. The molecule has 1 aliphatic heterocycles. The highest BCUT2D eigenvalue weighted by Gasteiger charge is 2.29. The van der Waals surface area contributed by atoms with Gasteiger partial charge in [-0.25, -0.2) is 12.8 Å². The predicted octanol–water partition coefficient (Wildman–Crippen LogP) is 3.67. The summed E-state index contributed by atoms with van der Waals surface area (Å²) in [6.07, 6.45) is 2.35. The number of nitrogens with zero attached hydrogens (tertiary/aromatic N) is 1. The molecule has 0 aromatic heterocycles. The number of hydrogen-bond donors (Lipinski definition) is 2. The molecular weight excluding hydrogens is 465 g/mol. The van der Waals surface area contributed by atoms with Gasteiger partial charge in [-0.15, -0.1) is 0 Å². The van der Waals surface area contributed by atoms with Crippen LogP contribution in [0.2, 0.25) is 0 Å². The first-order valence-corrected chi connectivity index (χ1v) is 13.3. The first-order valence-electron chi connectivity index (χ1n) is 11.8. The summed E-state index contributed by atoms with van der Waals surface area (Å²) in [6, 6.07) is 23.2. The quantitative estimate of drug-likeness (QED) is 0.450. The highest BCUT2D eigenvalue weighted by molar-refractivity contribution is 7.89. The fourth-order valence-electron chi connectivity index (χ4n) is 4.46. The molecule has 0 radical (unpaired) electrons. The van der Waals surface area contributed by atoms with Gasteiger partial charge in [-0.1, -0.05) is 72.8 Å². The van der Waals surface area contributed by atoms with Crippen LogP contribution in [0.15, 0.2) is 89.8 Å². The average molecular weight is 496 g/mol. The van der Waals surface area contributed by atoms with Crippen molar-refractivity contribution in [3.8, 4) is 0 Å². The van der Waals surface area contributed by atoms with E-state index >= 15 is 0 Å². The summed E-state index contributed by atoms with van der Waals surface area (Å²) in [5.74, 6) is -1.31. The van der Waals surface area contributed by atoms with Crippen LogP contribution in [0.1, 0.15) is 30.0 Å². The van der Waals surface area contributed by atoms with E-state index in [0.717, 1.165) is 43.1 Å². The van der Waals surface area contributed by atoms with Gasteiger partial charge in [0.25, 0.3) is 0 Å². The summed E-state index contributed by atoms with van der Waals surface area (Å²) in [5, 5.41) is 2.97. The smallest absolute Gasteiger partial charge is 0.244 e. The Balaban J connectivity index is 1.54. The molecule has 1 saturated heterocycles. The van der Waals surface area contributed by atoms with Crippen LogP contribution in [0.25, 0.3) is 0 Å². The summed E-state index contributed by atoms with van der Waals surface area (Å²) in [4.78, 5) is 15.2. The fraction of sp³-hybridized carbons (Fsp3) is 0.296. The van der Waals surface area contributed by atoms with Crippen LogP contribution in [0, 0.1) is 5.82 Å². The third kappa shape index (κ3) is 6.54. The van der Waals surface area contributed by atoms with E-state index in [-0.39, 0.29) is 12.5 Å². The van der Waals surface area contributed by atoms with Gasteiger partial charge >= 0.3 is 0 Å². The topological polar surface area (TPSA) is 78.5 Å². The van der Waals surface area contributed by atoms with Crippen LogP contribution in [-0.4, -0.2) is 44.9 Å². The van der Waals surface area contributed by atoms with Crippen molar-refractivity contribution in [3.63, 3.8) is 0 Å². The van der Waals surface area contributed by atoms with Crippen molar-refractivity contribution in [3.05, 3.63) is 102 Å². The van der Waals surface area contributed by atoms with Crippen LogP contribution >= 0.6 is 0 Å². The number of hydrogen-bond acceptors (Lipinski definition) is 4. The zero-order chi connectivity index (χ0) is 24.7. The standard InChI is InChI=1S/C27H30FN3O3S/c28-23-15-7-8-16-26(23)35(33,34)30-24(19-21-11-3-1-4-12-21)27(32)29-20-25(31-17-9-10-18-31)22-13-5-2-6-14-22/h1-8,11-16,24-25,30H,9-10,17-20H2,(H,29,32). The van der Waals surface area contributed by atoms with Gasteiger partial charge in [0, 0.05) is 6.54 Å². The molecule has 0 aliphatic carbocycles. The Hall–Kier alpha value is -3.07. The maximum Gasteiger partial charge on any atom is 0.244 e. The molecule has 2 atom stereocenters. The first kappa shape index (κ1) is 25.0. The van der Waals surface area contributed by atoms with Gasteiger partial charge < -0.3 is 5.32 Å². The van der Waals surface area contributed by atoms with Crippen LogP contribution in [0.3, 0.4) is 0 Å². The predicted molar refractivity (Wildman–Crippen MR) is 134 cm³/mol. The monoisotopic (exact) mass is 495 g/mol. The first-order chi connectivity index (χ1) is 16.9. The lowest BCUT2D eigenvalue weighted by molar-refractivity contribution is -0.123. The van der Waals surface area contributed by atoms with Crippen LogP contribution in [-0.2, 0) is 21.2 Å². The van der Waals surface area contributed by atoms with Crippen molar-refractivity contribution in [2.45, 2.75) is 36.2 Å². The highest BCUT2D eigenvalue weighted by Crippen LogP contribution is 2.24. The van der Waals surface area contributed by atoms with Crippen molar-refractivity contribution in [1.82, 2.24) is 14.9 Å². The lowest BCUT2D eigenvalue weighted by Gasteiger charge is -2.29. The minimum absolute atomic E-state index is 0.0109. The molecule has 1 aliphatic rings. The largest absolute Gasteiger partial charge is 0.353 e. The Morgan fingerprint density at radius 2 is 1.49 bits per heavy atom. The minimum Gasteiger partial charge on any atom is -0.353 e. The molecule has 35 heavy (non-hydrogen) atoms. The van der Waals surface area contributed by atoms with Crippen LogP contribution in [0.4, 0.5) is 4.39 Å². The second-order valence-corrected chi connectivity index (χ2v) is 10.4. The number of nitrogens with one attached hydrogen (secondary N) is 2. The second-order valence-electron chi connectivity index (χ2n) is 8.71. The highest BCUT2D eigenvalue weighted by atomic mass is 32.2. The average Bonchev–Trinajstić information content (AvgIpc) is 3.40. The number of carbonyl (C=O) groups is 1. The van der Waals surface area contributed by atoms with E-state index in [4.69, 9.17) is 0 Å². The summed E-state index contributed by atoms with van der Waals surface area (Å²) in [5.41, 5.74) is 1.89. The minimum atomic E-state index is -4.26. The molecule has 3 aromatic carbocycles. The Morgan fingerprint density at radius 1 is 0.886 bits per heavy atom. The Bertz CT molecular complexity index is 1220. The van der Waals surface area contributed by atoms with Gasteiger partial charge in [0.05, 0.1) is 6.04 Å². The van der Waals surface area contributed by atoms with Gasteiger partial charge in [0.1, 0.15) is 16.8 Å². The third-order valence-electron chi connectivity index (χ3n) is 6.26. The van der Waals surface area contributed by atoms with E-state index in [9.17, 15) is 17.6 Å². The fourth-order valence-corrected chi connectivity index (χ4v) is 5.73. The lowest BCUT2D eigenvalue weighted by atomic mass is 10.0. The maximum absolute atomic E-state index is 14.3. The molecule has 8 heteroatoms. The molecule has 0 spiro atoms. The number of rotatable bonds is 10. The van der Waals surface area contributed by atoms with Gasteiger partial charge in [-0.3, -0.25) is 9.69 Å². The summed E-state index contributed by atoms with van der Waals surface area (Å²) in [6.45, 7) is 2.24. The van der Waals surface area contributed by atoms with Crippen molar-refractivity contribution in [2.75, 3.05) is 19.6 Å². The SMILES string of the molecule is O=C(NCC(c1ccccc1)N1CCCC1)C(Cc1ccccc1)NS(=O)(=O)c1ccccc1F. The Kier molecular flexibility index (Phi) is 8.28. The summed E-state index contributed by atoms with van der Waals surface area (Å²) < 4.78 is 42.7. The van der Waals surface area contributed by atoms with Crippen molar-refractivity contribution < 1.29 is 17.6 Å². The zero-order valence-electron chi connectivity index (χ0n) is 19.4. The van der Waals surface area contributed by atoms with E-state index in [2.05, 4.69) is 14.9 Å². The van der Waals surface area contributed by atoms with Gasteiger partial charge in [-0.05, 0) is 55.6 Å². The number of halogens is 1. The Morgan fingerprint density at radius 3 is 2.14 bits per heavy atom. The number of sulfonamides is 1. The molecule has 0 saturated carbocycles. The van der Waals surface area contributed by atoms with Gasteiger partial charge in [0.15, 0.2) is 0 Å². The molecule has 2 unspecified atom stereocenters. The molecule has 6 nitrogen and oxygen atoms in total. The van der Waals surface area contributed by atoms with Crippen LogP contribution in [0.5, 0.6) is 0 Å². The molecule has 184 valence electrons. The van der Waals surface area contributed by atoms with E-state index in [1.165, 1.54) is 18.2 Å². The second kappa shape index (κ2) is 11.6. The number of benzene rings is 3. The third-order valence-corrected chi connectivity index (χ3v) is 7.76. The molecule has 4 rings (SSSR count). The molecular formula is C27H30FN3O3S. The zero-order valence-corrected chi connectivity index (χ0v) is 20.3. The van der Waals surface area contributed by atoms with Crippen molar-refractivity contribution in [2.24, 2.45) is 0 Å². The van der Waals surface area contributed by atoms with E-state index in [1.54, 1.807) is 0 Å². The molecule has 3 aromatic rings. The molecule has 0 bridgehead atoms.